The lowest BCUT2D eigenvalue weighted by molar-refractivity contribution is 0.1000. The van der Waals surface area contributed by atoms with Crippen LogP contribution in [0.1, 0.15) is 29.8 Å². The van der Waals surface area contributed by atoms with E-state index in [4.69, 9.17) is 5.73 Å². The molecule has 0 heterocycles. The largest absolute Gasteiger partial charge is 0.366 e. The Morgan fingerprint density at radius 3 is 2.62 bits per heavy atom. The number of hydrogen-bond acceptors (Lipinski definition) is 3. The van der Waals surface area contributed by atoms with Crippen LogP contribution < -0.4 is 16.4 Å². The minimum absolute atomic E-state index is 0.402. The SMILES string of the molecule is CCNC(=NCc1cccc(C(N)=O)c1)NCC(C)Sc1ccccc1. The van der Waals surface area contributed by atoms with Crippen LogP contribution in [-0.4, -0.2) is 30.2 Å². The maximum Gasteiger partial charge on any atom is 0.248 e. The molecule has 26 heavy (non-hydrogen) atoms. The summed E-state index contributed by atoms with van der Waals surface area (Å²) in [4.78, 5) is 17.1. The average Bonchev–Trinajstić information content (AvgIpc) is 2.65. The molecule has 0 radical (unpaired) electrons. The van der Waals surface area contributed by atoms with Gasteiger partial charge in [0.05, 0.1) is 6.54 Å². The fourth-order valence-electron chi connectivity index (χ4n) is 2.35. The molecule has 6 heteroatoms. The van der Waals surface area contributed by atoms with Crippen molar-refractivity contribution < 1.29 is 4.79 Å². The van der Waals surface area contributed by atoms with Crippen molar-refractivity contribution in [3.63, 3.8) is 0 Å². The zero-order chi connectivity index (χ0) is 18.8. The molecule has 0 saturated carbocycles. The van der Waals surface area contributed by atoms with Crippen molar-refractivity contribution in [3.05, 3.63) is 65.7 Å². The van der Waals surface area contributed by atoms with Crippen LogP contribution in [0.4, 0.5) is 0 Å². The van der Waals surface area contributed by atoms with Crippen LogP contribution in [-0.2, 0) is 6.54 Å². The zero-order valence-electron chi connectivity index (χ0n) is 15.2. The number of amides is 1. The lowest BCUT2D eigenvalue weighted by atomic mass is 10.1. The second kappa shape index (κ2) is 10.5. The Kier molecular flexibility index (Phi) is 8.02. The summed E-state index contributed by atoms with van der Waals surface area (Å²) in [6.45, 7) is 6.29. The number of thioether (sulfide) groups is 1. The number of nitrogens with one attached hydrogen (secondary N) is 2. The predicted molar refractivity (Wildman–Crippen MR) is 110 cm³/mol. The van der Waals surface area contributed by atoms with Gasteiger partial charge in [0.15, 0.2) is 5.96 Å². The average molecular weight is 371 g/mol. The van der Waals surface area contributed by atoms with E-state index >= 15 is 0 Å². The van der Waals surface area contributed by atoms with Gasteiger partial charge in [0, 0.05) is 28.8 Å². The van der Waals surface area contributed by atoms with E-state index in [-0.39, 0.29) is 0 Å². The molecule has 0 saturated heterocycles. The van der Waals surface area contributed by atoms with Gasteiger partial charge in [-0.1, -0.05) is 37.3 Å². The van der Waals surface area contributed by atoms with Crippen LogP contribution in [0.15, 0.2) is 64.5 Å². The van der Waals surface area contributed by atoms with Crippen molar-refractivity contribution in [3.8, 4) is 0 Å². The molecule has 0 aliphatic rings. The van der Waals surface area contributed by atoms with Crippen molar-refractivity contribution in [1.29, 1.82) is 0 Å². The fraction of sp³-hybridized carbons (Fsp3) is 0.300. The number of hydrogen-bond donors (Lipinski definition) is 3. The Morgan fingerprint density at radius 2 is 1.92 bits per heavy atom. The maximum absolute atomic E-state index is 11.3. The number of guanidine groups is 1. The molecule has 1 unspecified atom stereocenters. The molecule has 0 aliphatic carbocycles. The van der Waals surface area contributed by atoms with Crippen molar-refractivity contribution in [2.75, 3.05) is 13.1 Å². The third-order valence-electron chi connectivity index (χ3n) is 3.61. The van der Waals surface area contributed by atoms with Crippen LogP contribution in [0.25, 0.3) is 0 Å². The van der Waals surface area contributed by atoms with E-state index in [0.717, 1.165) is 24.6 Å². The standard InChI is InChI=1S/C20H26N4OS/c1-3-22-20(23-13-15(2)26-18-10-5-4-6-11-18)24-14-16-8-7-9-17(12-16)19(21)25/h4-12,15H,3,13-14H2,1-2H3,(H2,21,25)(H2,22,23,24). The predicted octanol–water partition coefficient (Wildman–Crippen LogP) is 3.02. The van der Waals surface area contributed by atoms with Gasteiger partial charge in [0.2, 0.25) is 5.91 Å². The Bertz CT molecular complexity index is 734. The molecule has 0 bridgehead atoms. The third kappa shape index (κ3) is 6.80. The molecular weight excluding hydrogens is 344 g/mol. The Morgan fingerprint density at radius 1 is 1.15 bits per heavy atom. The summed E-state index contributed by atoms with van der Waals surface area (Å²) in [5.74, 6) is 0.338. The van der Waals surface area contributed by atoms with Gasteiger partial charge in [-0.25, -0.2) is 4.99 Å². The molecule has 4 N–H and O–H groups in total. The van der Waals surface area contributed by atoms with Crippen LogP contribution >= 0.6 is 11.8 Å². The van der Waals surface area contributed by atoms with E-state index < -0.39 is 5.91 Å². The molecule has 2 aromatic rings. The Labute approximate surface area is 159 Å². The van der Waals surface area contributed by atoms with Gasteiger partial charge in [-0.3, -0.25) is 4.79 Å². The van der Waals surface area contributed by atoms with Crippen LogP contribution in [0, 0.1) is 0 Å². The van der Waals surface area contributed by atoms with Crippen molar-refractivity contribution >= 4 is 23.6 Å². The van der Waals surface area contributed by atoms with Gasteiger partial charge in [0.25, 0.3) is 0 Å². The molecule has 0 aromatic heterocycles. The van der Waals surface area contributed by atoms with Crippen molar-refractivity contribution in [1.82, 2.24) is 10.6 Å². The van der Waals surface area contributed by atoms with E-state index in [0.29, 0.717) is 17.4 Å². The number of primary amides is 1. The number of carbonyl (C=O) groups excluding carboxylic acids is 1. The van der Waals surface area contributed by atoms with Crippen LogP contribution in [0.3, 0.4) is 0 Å². The van der Waals surface area contributed by atoms with E-state index in [9.17, 15) is 4.79 Å². The molecular formula is C20H26N4OS. The first-order valence-corrected chi connectivity index (χ1v) is 9.59. The molecule has 2 rings (SSSR count). The van der Waals surface area contributed by atoms with Crippen molar-refractivity contribution in [2.45, 2.75) is 30.5 Å². The molecule has 0 fully saturated rings. The highest BCUT2D eigenvalue weighted by Gasteiger charge is 2.06. The topological polar surface area (TPSA) is 79.5 Å². The monoisotopic (exact) mass is 370 g/mol. The first-order chi connectivity index (χ1) is 12.6. The highest BCUT2D eigenvalue weighted by atomic mass is 32.2. The second-order valence-electron chi connectivity index (χ2n) is 5.88. The molecule has 0 spiro atoms. The lowest BCUT2D eigenvalue weighted by Gasteiger charge is -2.15. The highest BCUT2D eigenvalue weighted by Crippen LogP contribution is 2.21. The smallest absolute Gasteiger partial charge is 0.248 e. The number of carbonyl (C=O) groups is 1. The molecule has 5 nitrogen and oxygen atoms in total. The van der Waals surface area contributed by atoms with Gasteiger partial charge in [-0.15, -0.1) is 11.8 Å². The summed E-state index contributed by atoms with van der Waals surface area (Å²) in [7, 11) is 0. The number of aliphatic imine (C=N–C) groups is 1. The minimum atomic E-state index is -0.423. The number of rotatable bonds is 8. The molecule has 2 aromatic carbocycles. The highest BCUT2D eigenvalue weighted by molar-refractivity contribution is 8.00. The summed E-state index contributed by atoms with van der Waals surface area (Å²) in [5.41, 5.74) is 6.78. The molecule has 0 aliphatic heterocycles. The fourth-order valence-corrected chi connectivity index (χ4v) is 3.29. The van der Waals surface area contributed by atoms with E-state index in [1.165, 1.54) is 4.90 Å². The molecule has 138 valence electrons. The summed E-state index contributed by atoms with van der Waals surface area (Å²) in [5, 5.41) is 7.02. The summed E-state index contributed by atoms with van der Waals surface area (Å²) in [6.07, 6.45) is 0. The number of benzene rings is 2. The van der Waals surface area contributed by atoms with Gasteiger partial charge in [-0.2, -0.15) is 0 Å². The summed E-state index contributed by atoms with van der Waals surface area (Å²) in [6, 6.07) is 17.6. The van der Waals surface area contributed by atoms with Gasteiger partial charge >= 0.3 is 0 Å². The molecule has 1 atom stereocenters. The van der Waals surface area contributed by atoms with Crippen LogP contribution in [0.2, 0.25) is 0 Å². The minimum Gasteiger partial charge on any atom is -0.366 e. The van der Waals surface area contributed by atoms with Gasteiger partial charge in [0.1, 0.15) is 0 Å². The van der Waals surface area contributed by atoms with Gasteiger partial charge in [-0.05, 0) is 36.8 Å². The lowest BCUT2D eigenvalue weighted by Crippen LogP contribution is -2.40. The van der Waals surface area contributed by atoms with E-state index in [2.05, 4.69) is 34.7 Å². The quantitative estimate of drug-likeness (QED) is 0.379. The zero-order valence-corrected chi connectivity index (χ0v) is 16.1. The maximum atomic E-state index is 11.3. The van der Waals surface area contributed by atoms with Crippen LogP contribution in [0.5, 0.6) is 0 Å². The van der Waals surface area contributed by atoms with Crippen molar-refractivity contribution in [2.24, 2.45) is 10.7 Å². The molecule has 1 amide bonds. The summed E-state index contributed by atoms with van der Waals surface area (Å²) >= 11 is 1.83. The number of nitrogens with two attached hydrogens (primary N) is 1. The summed E-state index contributed by atoms with van der Waals surface area (Å²) < 4.78 is 0. The Hall–Kier alpha value is -2.47. The van der Waals surface area contributed by atoms with Gasteiger partial charge < -0.3 is 16.4 Å². The first-order valence-electron chi connectivity index (χ1n) is 8.71. The number of nitrogens with zero attached hydrogens (tertiary/aromatic N) is 1. The van der Waals surface area contributed by atoms with E-state index in [1.54, 1.807) is 12.1 Å². The second-order valence-corrected chi connectivity index (χ2v) is 7.39. The normalized spacial score (nSPS) is 12.5. The van der Waals surface area contributed by atoms with E-state index in [1.807, 2.05) is 49.0 Å². The first kappa shape index (κ1) is 19.8. The third-order valence-corrected chi connectivity index (χ3v) is 4.73. The Balaban J connectivity index is 1.91.